The van der Waals surface area contributed by atoms with Gasteiger partial charge in [0.05, 0.1) is 22.2 Å². The van der Waals surface area contributed by atoms with E-state index < -0.39 is 61.3 Å². The van der Waals surface area contributed by atoms with Crippen LogP contribution in [0.3, 0.4) is 0 Å². The van der Waals surface area contributed by atoms with Crippen LogP contribution in [0.4, 0.5) is 24.8 Å². The van der Waals surface area contributed by atoms with Gasteiger partial charge in [-0.2, -0.15) is 0 Å². The van der Waals surface area contributed by atoms with Crippen molar-refractivity contribution < 1.29 is 35.9 Å². The number of anilines is 2. The Morgan fingerprint density at radius 1 is 1.11 bits per heavy atom. The molecule has 0 aliphatic carbocycles. The first-order chi connectivity index (χ1) is 21.4. The Balaban J connectivity index is 1.31. The lowest BCUT2D eigenvalue weighted by Crippen LogP contribution is -2.37. The smallest absolute Gasteiger partial charge is 0.303 e. The quantitative estimate of drug-likeness (QED) is 0.241. The van der Waals surface area contributed by atoms with Crippen molar-refractivity contribution in [1.29, 1.82) is 0 Å². The largest absolute Gasteiger partial charge is 0.487 e. The van der Waals surface area contributed by atoms with Crippen LogP contribution in [0.2, 0.25) is 5.02 Å². The number of nitrogens with zero attached hydrogens (tertiary/aromatic N) is 3. The van der Waals surface area contributed by atoms with Crippen LogP contribution in [0.25, 0.3) is 22.0 Å². The molecule has 3 heterocycles. The Morgan fingerprint density at radius 3 is 2.60 bits per heavy atom. The van der Waals surface area contributed by atoms with Crippen molar-refractivity contribution in [3.05, 3.63) is 70.6 Å². The highest BCUT2D eigenvalue weighted by atomic mass is 35.5. The molecular formula is C30H27ClF3N5O5S. The highest BCUT2D eigenvalue weighted by Crippen LogP contribution is 2.43. The third-order valence-electron chi connectivity index (χ3n) is 7.73. The minimum absolute atomic E-state index is 0.0119. The lowest BCUT2D eigenvalue weighted by atomic mass is 10.0. The van der Waals surface area contributed by atoms with E-state index in [1.54, 1.807) is 0 Å². The van der Waals surface area contributed by atoms with Crippen molar-refractivity contribution in [2.75, 3.05) is 36.8 Å². The predicted octanol–water partition coefficient (Wildman–Crippen LogP) is 5.67. The van der Waals surface area contributed by atoms with Crippen molar-refractivity contribution in [3.63, 3.8) is 0 Å². The molecule has 2 aliphatic heterocycles. The van der Waals surface area contributed by atoms with Crippen molar-refractivity contribution in [2.45, 2.75) is 36.8 Å². The molecule has 1 atom stereocenters. The van der Waals surface area contributed by atoms with E-state index in [1.165, 1.54) is 31.3 Å². The fourth-order valence-corrected chi connectivity index (χ4v) is 7.03. The fourth-order valence-electron chi connectivity index (χ4n) is 5.48. The monoisotopic (exact) mass is 661 g/mol. The summed E-state index contributed by atoms with van der Waals surface area (Å²) in [6.45, 7) is 2.86. The molecule has 0 radical (unpaired) electrons. The number of esters is 1. The Labute approximate surface area is 261 Å². The molecule has 1 fully saturated rings. The van der Waals surface area contributed by atoms with Gasteiger partial charge in [0.2, 0.25) is 5.95 Å². The summed E-state index contributed by atoms with van der Waals surface area (Å²) in [4.78, 5) is 21.8. The third-order valence-corrected chi connectivity index (χ3v) is 9.32. The molecule has 236 valence electrons. The molecule has 2 aliphatic rings. The molecule has 0 spiro atoms. The first kappa shape index (κ1) is 30.9. The van der Waals surface area contributed by atoms with Crippen LogP contribution in [0.5, 0.6) is 5.75 Å². The number of carbonyl (C=O) groups is 1. The third kappa shape index (κ3) is 6.09. The SMILES string of the molecule is CC(=O)O[C@@H]1COc2c1cc(Cl)cc2S(=O)(=O)Nc1ccc(F)c(-c2ccc3nc(NC4CCN(C)CC4)ncc3c2F)c1F. The van der Waals surface area contributed by atoms with Gasteiger partial charge in [0.15, 0.2) is 11.9 Å². The van der Waals surface area contributed by atoms with E-state index in [9.17, 15) is 13.2 Å². The Morgan fingerprint density at radius 2 is 1.87 bits per heavy atom. The van der Waals surface area contributed by atoms with Crippen LogP contribution in [0.1, 0.15) is 31.4 Å². The topological polar surface area (TPSA) is 123 Å². The second kappa shape index (κ2) is 12.0. The zero-order valence-electron chi connectivity index (χ0n) is 24.0. The molecular weight excluding hydrogens is 635 g/mol. The van der Waals surface area contributed by atoms with Gasteiger partial charge in [0.25, 0.3) is 10.0 Å². The predicted molar refractivity (Wildman–Crippen MR) is 161 cm³/mol. The number of hydrogen-bond donors (Lipinski definition) is 2. The number of nitrogens with one attached hydrogen (secondary N) is 2. The van der Waals surface area contributed by atoms with Crippen molar-refractivity contribution >= 4 is 50.1 Å². The number of halogens is 4. The van der Waals surface area contributed by atoms with E-state index in [0.29, 0.717) is 5.95 Å². The first-order valence-corrected chi connectivity index (χ1v) is 15.8. The van der Waals surface area contributed by atoms with E-state index in [2.05, 4.69) is 24.9 Å². The van der Waals surface area contributed by atoms with Gasteiger partial charge in [-0.15, -0.1) is 0 Å². The van der Waals surface area contributed by atoms with Crippen molar-refractivity contribution in [1.82, 2.24) is 14.9 Å². The van der Waals surface area contributed by atoms with Crippen LogP contribution >= 0.6 is 11.6 Å². The molecule has 0 unspecified atom stereocenters. The summed E-state index contributed by atoms with van der Waals surface area (Å²) in [5.41, 5.74) is -1.45. The van der Waals surface area contributed by atoms with Crippen molar-refractivity contribution in [3.8, 4) is 16.9 Å². The zero-order chi connectivity index (χ0) is 32.0. The van der Waals surface area contributed by atoms with E-state index in [1.807, 2.05) is 7.05 Å². The normalized spacial score (nSPS) is 17.2. The molecule has 10 nitrogen and oxygen atoms in total. The van der Waals surface area contributed by atoms with Crippen LogP contribution < -0.4 is 14.8 Å². The van der Waals surface area contributed by atoms with Gasteiger partial charge in [-0.3, -0.25) is 9.52 Å². The number of carbonyl (C=O) groups excluding carboxylic acids is 1. The number of likely N-dealkylation sites (tertiary alicyclic amines) is 1. The first-order valence-electron chi connectivity index (χ1n) is 14.0. The number of rotatable bonds is 7. The molecule has 4 aromatic rings. The number of benzene rings is 3. The highest BCUT2D eigenvalue weighted by Gasteiger charge is 2.34. The fraction of sp³-hybridized carbons (Fsp3) is 0.300. The Bertz CT molecular complexity index is 1940. The van der Waals surface area contributed by atoms with E-state index in [-0.39, 0.29) is 39.9 Å². The number of sulfonamides is 1. The second-order valence-electron chi connectivity index (χ2n) is 10.9. The van der Waals surface area contributed by atoms with Crippen LogP contribution in [0.15, 0.2) is 47.5 Å². The summed E-state index contributed by atoms with van der Waals surface area (Å²) in [7, 11) is -2.55. The molecule has 6 rings (SSSR count). The molecule has 0 amide bonds. The molecule has 3 aromatic carbocycles. The maximum Gasteiger partial charge on any atom is 0.303 e. The summed E-state index contributed by atoms with van der Waals surface area (Å²) in [6, 6.07) is 6.93. The number of hydrogen-bond acceptors (Lipinski definition) is 9. The van der Waals surface area contributed by atoms with Crippen LogP contribution in [0, 0.1) is 17.5 Å². The van der Waals surface area contributed by atoms with Crippen LogP contribution in [-0.2, 0) is 19.6 Å². The second-order valence-corrected chi connectivity index (χ2v) is 13.0. The average Bonchev–Trinajstić information content (AvgIpc) is 3.38. The van der Waals surface area contributed by atoms with Gasteiger partial charge in [0, 0.05) is 35.3 Å². The molecule has 0 saturated carbocycles. The van der Waals surface area contributed by atoms with Gasteiger partial charge in [-0.25, -0.2) is 31.6 Å². The number of fused-ring (bicyclic) bond motifs is 2. The Hall–Kier alpha value is -4.14. The highest BCUT2D eigenvalue weighted by molar-refractivity contribution is 7.92. The molecule has 1 saturated heterocycles. The van der Waals surface area contributed by atoms with E-state index in [0.717, 1.165) is 44.1 Å². The van der Waals surface area contributed by atoms with Crippen LogP contribution in [-0.4, -0.2) is 62.0 Å². The minimum Gasteiger partial charge on any atom is -0.487 e. The van der Waals surface area contributed by atoms with E-state index >= 15 is 13.2 Å². The summed E-state index contributed by atoms with van der Waals surface area (Å²) in [5, 5.41) is 3.17. The summed E-state index contributed by atoms with van der Waals surface area (Å²) in [5.74, 6) is -3.88. The van der Waals surface area contributed by atoms with Gasteiger partial charge in [-0.1, -0.05) is 11.6 Å². The molecule has 15 heteroatoms. The zero-order valence-corrected chi connectivity index (χ0v) is 25.6. The number of piperidine rings is 1. The standard InChI is InChI=1S/C30H27ClF3N5O5S/c1-15(40)44-24-14-43-29-19(24)11-16(31)12-25(29)45(41,42)38-23-6-4-21(32)26(28(23)34)18-3-5-22-20(27(18)33)13-35-30(37-22)36-17-7-9-39(2)10-8-17/h3-6,11-13,17,24,38H,7-10,14H2,1-2H3,(H,35,36,37)/t24-/m1/s1. The lowest BCUT2D eigenvalue weighted by Gasteiger charge is -2.29. The van der Waals surface area contributed by atoms with E-state index in [4.69, 9.17) is 21.1 Å². The average molecular weight is 662 g/mol. The maximum atomic E-state index is 15.9. The molecule has 0 bridgehead atoms. The molecule has 1 aromatic heterocycles. The molecule has 2 N–H and O–H groups in total. The Kier molecular flexibility index (Phi) is 8.22. The van der Waals surface area contributed by atoms with Gasteiger partial charge in [-0.05, 0) is 69.4 Å². The number of ether oxygens (including phenoxy) is 2. The van der Waals surface area contributed by atoms with Crippen molar-refractivity contribution in [2.24, 2.45) is 0 Å². The minimum atomic E-state index is -4.60. The van der Waals surface area contributed by atoms with Gasteiger partial charge in [0.1, 0.15) is 28.9 Å². The number of aromatic nitrogens is 2. The summed E-state index contributed by atoms with van der Waals surface area (Å²) < 4.78 is 86.3. The van der Waals surface area contributed by atoms with Gasteiger partial charge < -0.3 is 19.7 Å². The van der Waals surface area contributed by atoms with Gasteiger partial charge >= 0.3 is 5.97 Å². The summed E-state index contributed by atoms with van der Waals surface area (Å²) >= 11 is 6.16. The molecule has 45 heavy (non-hydrogen) atoms. The maximum absolute atomic E-state index is 15.9. The summed E-state index contributed by atoms with van der Waals surface area (Å²) in [6.07, 6.45) is 2.13. The lowest BCUT2D eigenvalue weighted by molar-refractivity contribution is -0.147.